The van der Waals surface area contributed by atoms with Crippen LogP contribution in [0.3, 0.4) is 0 Å². The van der Waals surface area contributed by atoms with Crippen molar-refractivity contribution in [2.45, 2.75) is 24.0 Å². The average molecular weight is 295 g/mol. The minimum Gasteiger partial charge on any atom is -0.341 e. The van der Waals surface area contributed by atoms with Gasteiger partial charge in [0.05, 0.1) is 5.25 Å². The second-order valence-corrected chi connectivity index (χ2v) is 5.45. The van der Waals surface area contributed by atoms with E-state index >= 15 is 0 Å². The molecule has 0 aliphatic rings. The van der Waals surface area contributed by atoms with Gasteiger partial charge in [0, 0.05) is 24.6 Å². The predicted octanol–water partition coefficient (Wildman–Crippen LogP) is 1.58. The predicted molar refractivity (Wildman–Crippen MR) is 78.7 cm³/mol. The molecule has 6 nitrogen and oxygen atoms in total. The highest BCUT2D eigenvalue weighted by Crippen LogP contribution is 2.24. The zero-order chi connectivity index (χ0) is 15.1. The molecule has 0 spiro atoms. The van der Waals surface area contributed by atoms with Gasteiger partial charge >= 0.3 is 6.03 Å². The number of urea groups is 1. The molecule has 0 radical (unpaired) electrons. The van der Waals surface area contributed by atoms with E-state index in [2.05, 4.69) is 16.0 Å². The van der Waals surface area contributed by atoms with Crippen molar-refractivity contribution in [1.82, 2.24) is 10.6 Å². The van der Waals surface area contributed by atoms with Crippen LogP contribution in [0.15, 0.2) is 29.2 Å². The van der Waals surface area contributed by atoms with Crippen LogP contribution in [0.5, 0.6) is 0 Å². The van der Waals surface area contributed by atoms with E-state index in [0.29, 0.717) is 5.69 Å². The Morgan fingerprint density at radius 2 is 1.75 bits per heavy atom. The van der Waals surface area contributed by atoms with E-state index in [9.17, 15) is 14.4 Å². The number of hydrogen-bond acceptors (Lipinski definition) is 4. The summed E-state index contributed by atoms with van der Waals surface area (Å²) >= 11 is 1.33. The van der Waals surface area contributed by atoms with Crippen molar-refractivity contribution in [3.8, 4) is 0 Å². The van der Waals surface area contributed by atoms with Gasteiger partial charge in [-0.3, -0.25) is 14.9 Å². The molecule has 1 aromatic carbocycles. The number of nitrogens with one attached hydrogen (secondary N) is 3. The Kier molecular flexibility index (Phi) is 6.05. The molecule has 0 saturated heterocycles. The SMILES string of the molecule is CNC(=O)NC(=O)[C@@H](C)Sc1ccc(NC(C)=O)cc1. The Bertz CT molecular complexity index is 502. The van der Waals surface area contributed by atoms with Gasteiger partial charge in [-0.15, -0.1) is 11.8 Å². The van der Waals surface area contributed by atoms with Crippen LogP contribution in [0.4, 0.5) is 10.5 Å². The highest BCUT2D eigenvalue weighted by molar-refractivity contribution is 8.00. The Balaban J connectivity index is 2.57. The highest BCUT2D eigenvalue weighted by Gasteiger charge is 2.16. The molecule has 1 rings (SSSR count). The smallest absolute Gasteiger partial charge is 0.321 e. The van der Waals surface area contributed by atoms with Crippen LogP contribution in [0.25, 0.3) is 0 Å². The van der Waals surface area contributed by atoms with E-state index in [0.717, 1.165) is 4.90 Å². The Hall–Kier alpha value is -2.02. The van der Waals surface area contributed by atoms with Gasteiger partial charge < -0.3 is 10.6 Å². The van der Waals surface area contributed by atoms with Crippen LogP contribution in [-0.4, -0.2) is 30.1 Å². The highest BCUT2D eigenvalue weighted by atomic mass is 32.2. The van der Waals surface area contributed by atoms with Crippen LogP contribution in [-0.2, 0) is 9.59 Å². The topological polar surface area (TPSA) is 87.3 Å². The van der Waals surface area contributed by atoms with Crippen molar-refractivity contribution in [2.75, 3.05) is 12.4 Å². The van der Waals surface area contributed by atoms with Gasteiger partial charge in [-0.1, -0.05) is 0 Å². The average Bonchev–Trinajstić information content (AvgIpc) is 2.40. The fraction of sp³-hybridized carbons (Fsp3) is 0.308. The number of amides is 4. The van der Waals surface area contributed by atoms with E-state index < -0.39 is 11.3 Å². The molecule has 1 aromatic rings. The summed E-state index contributed by atoms with van der Waals surface area (Å²) in [4.78, 5) is 34.5. The lowest BCUT2D eigenvalue weighted by Crippen LogP contribution is -2.41. The van der Waals surface area contributed by atoms with Crippen molar-refractivity contribution in [2.24, 2.45) is 0 Å². The maximum Gasteiger partial charge on any atom is 0.321 e. The van der Waals surface area contributed by atoms with Gasteiger partial charge in [-0.25, -0.2) is 4.79 Å². The minimum atomic E-state index is -0.525. The number of carbonyl (C=O) groups excluding carboxylic acids is 3. The molecule has 0 saturated carbocycles. The zero-order valence-corrected chi connectivity index (χ0v) is 12.3. The molecule has 0 heterocycles. The zero-order valence-electron chi connectivity index (χ0n) is 11.5. The molecular weight excluding hydrogens is 278 g/mol. The summed E-state index contributed by atoms with van der Waals surface area (Å²) in [6.45, 7) is 3.15. The van der Waals surface area contributed by atoms with Gasteiger partial charge in [0.2, 0.25) is 11.8 Å². The van der Waals surface area contributed by atoms with Gasteiger partial charge in [0.15, 0.2) is 0 Å². The molecule has 108 valence electrons. The largest absolute Gasteiger partial charge is 0.341 e. The normalized spacial score (nSPS) is 11.3. The molecule has 3 N–H and O–H groups in total. The summed E-state index contributed by atoms with van der Waals surface area (Å²) < 4.78 is 0. The quantitative estimate of drug-likeness (QED) is 0.736. The van der Waals surface area contributed by atoms with Crippen LogP contribution in [0.1, 0.15) is 13.8 Å². The first-order chi connectivity index (χ1) is 9.42. The molecule has 1 atom stereocenters. The summed E-state index contributed by atoms with van der Waals surface area (Å²) in [6.07, 6.45) is 0. The third-order valence-corrected chi connectivity index (χ3v) is 3.43. The van der Waals surface area contributed by atoms with Crippen molar-refractivity contribution in [3.05, 3.63) is 24.3 Å². The molecule has 7 heteroatoms. The molecule has 0 unspecified atom stereocenters. The third kappa shape index (κ3) is 5.31. The molecule has 0 aromatic heterocycles. The summed E-state index contributed by atoms with van der Waals surface area (Å²) in [6, 6.07) is 6.60. The lowest BCUT2D eigenvalue weighted by molar-refractivity contribution is -0.119. The third-order valence-electron chi connectivity index (χ3n) is 2.32. The van der Waals surface area contributed by atoms with E-state index in [1.165, 1.54) is 25.7 Å². The summed E-state index contributed by atoms with van der Waals surface area (Å²) in [5.74, 6) is -0.496. The molecule has 0 aliphatic carbocycles. The van der Waals surface area contributed by atoms with Gasteiger partial charge in [0.25, 0.3) is 0 Å². The lowest BCUT2D eigenvalue weighted by atomic mass is 10.3. The van der Waals surface area contributed by atoms with E-state index in [4.69, 9.17) is 0 Å². The molecule has 4 amide bonds. The number of hydrogen-bond donors (Lipinski definition) is 3. The van der Waals surface area contributed by atoms with Crippen molar-refractivity contribution < 1.29 is 14.4 Å². The van der Waals surface area contributed by atoms with E-state index in [1.807, 2.05) is 0 Å². The van der Waals surface area contributed by atoms with Crippen molar-refractivity contribution >= 4 is 35.3 Å². The van der Waals surface area contributed by atoms with Crippen molar-refractivity contribution in [3.63, 3.8) is 0 Å². The van der Waals surface area contributed by atoms with E-state index in [1.54, 1.807) is 31.2 Å². The Morgan fingerprint density at radius 3 is 2.25 bits per heavy atom. The number of benzene rings is 1. The van der Waals surface area contributed by atoms with Crippen molar-refractivity contribution in [1.29, 1.82) is 0 Å². The summed E-state index contributed by atoms with van der Waals surface area (Å²) in [7, 11) is 1.45. The first kappa shape index (κ1) is 16.0. The van der Waals surface area contributed by atoms with Gasteiger partial charge in [0.1, 0.15) is 0 Å². The second kappa shape index (κ2) is 7.54. The number of anilines is 1. The number of carbonyl (C=O) groups is 3. The molecule has 0 aliphatic heterocycles. The second-order valence-electron chi connectivity index (χ2n) is 4.03. The number of rotatable bonds is 4. The molecular formula is C13H17N3O3S. The Labute approximate surface area is 121 Å². The van der Waals surface area contributed by atoms with Crippen LogP contribution in [0.2, 0.25) is 0 Å². The maximum atomic E-state index is 11.7. The maximum absolute atomic E-state index is 11.7. The van der Waals surface area contributed by atoms with E-state index in [-0.39, 0.29) is 11.8 Å². The van der Waals surface area contributed by atoms with Gasteiger partial charge in [-0.05, 0) is 31.2 Å². The first-order valence-electron chi connectivity index (χ1n) is 5.99. The lowest BCUT2D eigenvalue weighted by Gasteiger charge is -2.11. The molecule has 0 fully saturated rings. The van der Waals surface area contributed by atoms with Crippen LogP contribution in [0, 0.1) is 0 Å². The van der Waals surface area contributed by atoms with Gasteiger partial charge in [-0.2, -0.15) is 0 Å². The number of imide groups is 1. The molecule has 0 bridgehead atoms. The summed E-state index contributed by atoms with van der Waals surface area (Å²) in [5.41, 5.74) is 0.698. The molecule has 20 heavy (non-hydrogen) atoms. The number of thioether (sulfide) groups is 1. The minimum absolute atomic E-state index is 0.135. The van der Waals surface area contributed by atoms with Crippen LogP contribution >= 0.6 is 11.8 Å². The fourth-order valence-corrected chi connectivity index (χ4v) is 2.22. The monoisotopic (exact) mass is 295 g/mol. The summed E-state index contributed by atoms with van der Waals surface area (Å²) in [5, 5.41) is 6.80. The fourth-order valence-electron chi connectivity index (χ4n) is 1.35. The standard InChI is InChI=1S/C13H17N3O3S/c1-8(12(18)16-13(19)14-3)20-11-6-4-10(5-7-11)15-9(2)17/h4-8H,1-3H3,(H,15,17)(H2,14,16,18,19)/t8-/m1/s1. The Morgan fingerprint density at radius 1 is 1.15 bits per heavy atom. The van der Waals surface area contributed by atoms with Crippen LogP contribution < -0.4 is 16.0 Å². The first-order valence-corrected chi connectivity index (χ1v) is 6.87.